The maximum atomic E-state index is 12.6. The zero-order valence-electron chi connectivity index (χ0n) is 15.0. The summed E-state index contributed by atoms with van der Waals surface area (Å²) in [5.74, 6) is 0.918. The highest BCUT2D eigenvalue weighted by Gasteiger charge is 2.22. The Hall–Kier alpha value is -2.38. The van der Waals surface area contributed by atoms with Crippen molar-refractivity contribution < 1.29 is 19.7 Å². The molecule has 1 amide bonds. The van der Waals surface area contributed by atoms with Gasteiger partial charge in [0.15, 0.2) is 0 Å². The van der Waals surface area contributed by atoms with E-state index in [2.05, 4.69) is 5.10 Å². The van der Waals surface area contributed by atoms with Crippen molar-refractivity contribution in [3.8, 4) is 5.75 Å². The third-order valence-corrected chi connectivity index (χ3v) is 4.69. The number of amides is 1. The lowest BCUT2D eigenvalue weighted by Gasteiger charge is -2.20. The number of fused-ring (bicyclic) bond motifs is 1. The first kappa shape index (κ1) is 18.4. The molecule has 0 unspecified atom stereocenters. The van der Waals surface area contributed by atoms with Crippen LogP contribution < -0.4 is 4.74 Å². The Balaban J connectivity index is 1.61. The maximum absolute atomic E-state index is 12.6. The molecule has 1 aromatic heterocycles. The molecule has 2 heterocycles. The Labute approximate surface area is 152 Å². The highest BCUT2D eigenvalue weighted by molar-refractivity contribution is 5.76. The second-order valence-corrected chi connectivity index (χ2v) is 6.50. The van der Waals surface area contributed by atoms with E-state index in [1.165, 1.54) is 0 Å². The lowest BCUT2D eigenvalue weighted by atomic mass is 10.1. The molecule has 1 aliphatic rings. The van der Waals surface area contributed by atoms with Crippen LogP contribution in [-0.2, 0) is 24.3 Å². The molecule has 2 N–H and O–H groups in total. The maximum Gasteiger partial charge on any atom is 0.223 e. The molecule has 26 heavy (non-hydrogen) atoms. The van der Waals surface area contributed by atoms with Crippen LogP contribution in [0.15, 0.2) is 30.3 Å². The molecule has 0 spiro atoms. The Bertz CT molecular complexity index is 742. The van der Waals surface area contributed by atoms with Gasteiger partial charge in [-0.1, -0.05) is 12.1 Å². The van der Waals surface area contributed by atoms with Gasteiger partial charge in [-0.3, -0.25) is 9.48 Å². The molecule has 140 valence electrons. The number of methoxy groups -OCH3 is 1. The molecule has 0 aliphatic carbocycles. The molecule has 1 aromatic carbocycles. The average Bonchev–Trinajstić information content (AvgIpc) is 2.97. The third kappa shape index (κ3) is 4.23. The van der Waals surface area contributed by atoms with E-state index >= 15 is 0 Å². The Kier molecular flexibility index (Phi) is 5.90. The number of nitrogens with zero attached hydrogens (tertiary/aromatic N) is 3. The van der Waals surface area contributed by atoms with Gasteiger partial charge in [0.25, 0.3) is 0 Å². The SMILES string of the molecule is COc1ccc(CCC(=O)N2CCCn3nc([C@@H](O)CO)cc3C2)cc1. The third-order valence-electron chi connectivity index (χ3n) is 4.69. The summed E-state index contributed by atoms with van der Waals surface area (Å²) in [5.41, 5.74) is 2.45. The monoisotopic (exact) mass is 359 g/mol. The van der Waals surface area contributed by atoms with Gasteiger partial charge in [0.2, 0.25) is 5.91 Å². The summed E-state index contributed by atoms with van der Waals surface area (Å²) in [6.07, 6.45) is 0.978. The van der Waals surface area contributed by atoms with Crippen molar-refractivity contribution in [2.75, 3.05) is 20.3 Å². The fraction of sp³-hybridized carbons (Fsp3) is 0.474. The zero-order chi connectivity index (χ0) is 18.5. The number of carbonyl (C=O) groups is 1. The van der Waals surface area contributed by atoms with Gasteiger partial charge in [0.05, 0.1) is 31.6 Å². The molecule has 1 aliphatic heterocycles. The van der Waals surface area contributed by atoms with E-state index in [4.69, 9.17) is 9.84 Å². The predicted molar refractivity (Wildman–Crippen MR) is 95.6 cm³/mol. The van der Waals surface area contributed by atoms with Crippen molar-refractivity contribution in [3.63, 3.8) is 0 Å². The molecule has 0 saturated heterocycles. The van der Waals surface area contributed by atoms with Crippen molar-refractivity contribution in [2.45, 2.75) is 38.5 Å². The highest BCUT2D eigenvalue weighted by atomic mass is 16.5. The van der Waals surface area contributed by atoms with Crippen molar-refractivity contribution in [3.05, 3.63) is 47.3 Å². The van der Waals surface area contributed by atoms with E-state index in [-0.39, 0.29) is 12.5 Å². The van der Waals surface area contributed by atoms with Gasteiger partial charge in [0, 0.05) is 19.5 Å². The fourth-order valence-corrected chi connectivity index (χ4v) is 3.16. The van der Waals surface area contributed by atoms with E-state index in [1.807, 2.05) is 33.8 Å². The van der Waals surface area contributed by atoms with Gasteiger partial charge in [-0.25, -0.2) is 0 Å². The summed E-state index contributed by atoms with van der Waals surface area (Å²) in [6.45, 7) is 1.52. The quantitative estimate of drug-likeness (QED) is 0.811. The van der Waals surface area contributed by atoms with E-state index in [0.29, 0.717) is 38.2 Å². The lowest BCUT2D eigenvalue weighted by molar-refractivity contribution is -0.131. The smallest absolute Gasteiger partial charge is 0.223 e. The van der Waals surface area contributed by atoms with Crippen molar-refractivity contribution >= 4 is 5.91 Å². The van der Waals surface area contributed by atoms with E-state index in [1.54, 1.807) is 13.2 Å². The molecule has 0 radical (unpaired) electrons. The largest absolute Gasteiger partial charge is 0.497 e. The molecule has 0 saturated carbocycles. The van der Waals surface area contributed by atoms with Crippen molar-refractivity contribution in [2.24, 2.45) is 0 Å². The van der Waals surface area contributed by atoms with Crippen LogP contribution in [0.2, 0.25) is 0 Å². The van der Waals surface area contributed by atoms with Crippen molar-refractivity contribution in [1.82, 2.24) is 14.7 Å². The molecule has 2 aromatic rings. The zero-order valence-corrected chi connectivity index (χ0v) is 15.0. The van der Waals surface area contributed by atoms with Gasteiger partial charge in [0.1, 0.15) is 11.9 Å². The Morgan fingerprint density at radius 1 is 1.31 bits per heavy atom. The number of aromatic nitrogens is 2. The van der Waals surface area contributed by atoms with Crippen LogP contribution >= 0.6 is 0 Å². The topological polar surface area (TPSA) is 87.8 Å². The number of benzene rings is 1. The van der Waals surface area contributed by atoms with Gasteiger partial charge >= 0.3 is 0 Å². The van der Waals surface area contributed by atoms with Gasteiger partial charge in [-0.2, -0.15) is 5.10 Å². The fourth-order valence-electron chi connectivity index (χ4n) is 3.16. The van der Waals surface area contributed by atoms with E-state index in [9.17, 15) is 9.90 Å². The second-order valence-electron chi connectivity index (χ2n) is 6.50. The molecular formula is C19H25N3O4. The van der Waals surface area contributed by atoms with Gasteiger partial charge < -0.3 is 19.8 Å². The van der Waals surface area contributed by atoms with Crippen LogP contribution in [0.5, 0.6) is 5.75 Å². The number of ether oxygens (including phenoxy) is 1. The molecule has 7 nitrogen and oxygen atoms in total. The Morgan fingerprint density at radius 2 is 2.08 bits per heavy atom. The second kappa shape index (κ2) is 8.33. The van der Waals surface area contributed by atoms with Gasteiger partial charge in [-0.15, -0.1) is 0 Å². The highest BCUT2D eigenvalue weighted by Crippen LogP contribution is 2.19. The Morgan fingerprint density at radius 3 is 2.77 bits per heavy atom. The van der Waals surface area contributed by atoms with Gasteiger partial charge in [-0.05, 0) is 36.6 Å². The summed E-state index contributed by atoms with van der Waals surface area (Å²) in [4.78, 5) is 14.5. The number of hydrogen-bond acceptors (Lipinski definition) is 5. The standard InChI is InChI=1S/C19H25N3O4/c1-26-16-6-3-14(4-7-16)5-8-19(25)21-9-2-10-22-15(12-21)11-17(20-22)18(24)13-23/h3-4,6-7,11,18,23-24H,2,5,8-10,12-13H2,1H3/t18-/m0/s1. The molecule has 0 bridgehead atoms. The van der Waals surface area contributed by atoms with E-state index in [0.717, 1.165) is 23.4 Å². The van der Waals surface area contributed by atoms with Crippen LogP contribution in [-0.4, -0.2) is 51.1 Å². The van der Waals surface area contributed by atoms with Crippen LogP contribution in [0.1, 0.15) is 35.9 Å². The first-order valence-electron chi connectivity index (χ1n) is 8.87. The minimum Gasteiger partial charge on any atom is -0.497 e. The predicted octanol–water partition coefficient (Wildman–Crippen LogP) is 1.28. The summed E-state index contributed by atoms with van der Waals surface area (Å²) >= 11 is 0. The van der Waals surface area contributed by atoms with Crippen molar-refractivity contribution in [1.29, 1.82) is 0 Å². The minimum absolute atomic E-state index is 0.111. The summed E-state index contributed by atoms with van der Waals surface area (Å²) in [5, 5.41) is 23.2. The first-order valence-corrected chi connectivity index (χ1v) is 8.87. The summed E-state index contributed by atoms with van der Waals surface area (Å²) in [6, 6.07) is 9.53. The number of aliphatic hydroxyl groups is 2. The molecule has 3 rings (SSSR count). The molecule has 7 heteroatoms. The van der Waals surface area contributed by atoms with Crippen LogP contribution in [0, 0.1) is 0 Å². The lowest BCUT2D eigenvalue weighted by Crippen LogP contribution is -2.30. The molecular weight excluding hydrogens is 334 g/mol. The minimum atomic E-state index is -0.978. The van der Waals surface area contributed by atoms with E-state index < -0.39 is 6.10 Å². The van der Waals surface area contributed by atoms with Crippen LogP contribution in [0.4, 0.5) is 0 Å². The summed E-state index contributed by atoms with van der Waals surface area (Å²) in [7, 11) is 1.63. The normalized spacial score (nSPS) is 15.3. The molecule has 0 fully saturated rings. The number of aliphatic hydroxyl groups excluding tert-OH is 2. The number of hydrogen-bond donors (Lipinski definition) is 2. The number of rotatable bonds is 6. The number of carbonyl (C=O) groups excluding carboxylic acids is 1. The van der Waals surface area contributed by atoms with Crippen LogP contribution in [0.25, 0.3) is 0 Å². The first-order chi connectivity index (χ1) is 12.6. The molecule has 1 atom stereocenters. The number of aryl methyl sites for hydroxylation is 2. The average molecular weight is 359 g/mol. The van der Waals surface area contributed by atoms with Crippen LogP contribution in [0.3, 0.4) is 0 Å². The summed E-state index contributed by atoms with van der Waals surface area (Å²) < 4.78 is 6.97.